The van der Waals surface area contributed by atoms with Crippen LogP contribution in [0.1, 0.15) is 11.6 Å². The molecule has 7 heteroatoms. The first-order valence-corrected chi connectivity index (χ1v) is 9.96. The zero-order valence-corrected chi connectivity index (χ0v) is 16.9. The molecule has 0 aliphatic carbocycles. The number of aliphatic hydroxyl groups is 1. The summed E-state index contributed by atoms with van der Waals surface area (Å²) < 4.78 is 11.3. The SMILES string of the molecule is O=C1NCC(c2cccc(OCCO)c2)N1c1ccc(Oc2ccc(Cl)cc2)cc1. The molecule has 1 saturated heterocycles. The van der Waals surface area contributed by atoms with Crippen LogP contribution in [0.2, 0.25) is 5.02 Å². The molecule has 0 aromatic heterocycles. The molecule has 6 nitrogen and oxygen atoms in total. The van der Waals surface area contributed by atoms with Crippen LogP contribution in [-0.4, -0.2) is 30.9 Å². The third-order valence-corrected chi connectivity index (χ3v) is 5.00. The number of halogens is 1. The third kappa shape index (κ3) is 4.50. The van der Waals surface area contributed by atoms with Gasteiger partial charge in [-0.3, -0.25) is 4.90 Å². The molecule has 3 aromatic rings. The summed E-state index contributed by atoms with van der Waals surface area (Å²) in [7, 11) is 0. The largest absolute Gasteiger partial charge is 0.491 e. The molecule has 0 bridgehead atoms. The van der Waals surface area contributed by atoms with Gasteiger partial charge in [-0.2, -0.15) is 0 Å². The highest BCUT2D eigenvalue weighted by Gasteiger charge is 2.33. The van der Waals surface area contributed by atoms with Crippen LogP contribution in [0.5, 0.6) is 17.2 Å². The molecular weight excluding hydrogens is 404 g/mol. The van der Waals surface area contributed by atoms with E-state index < -0.39 is 0 Å². The second kappa shape index (κ2) is 9.07. The smallest absolute Gasteiger partial charge is 0.322 e. The fourth-order valence-corrected chi connectivity index (χ4v) is 3.48. The van der Waals surface area contributed by atoms with Gasteiger partial charge in [-0.05, 0) is 66.2 Å². The van der Waals surface area contributed by atoms with E-state index >= 15 is 0 Å². The van der Waals surface area contributed by atoms with Crippen molar-refractivity contribution in [2.75, 3.05) is 24.7 Å². The molecule has 1 aliphatic rings. The molecule has 2 amide bonds. The Morgan fingerprint density at radius 3 is 2.40 bits per heavy atom. The van der Waals surface area contributed by atoms with Crippen LogP contribution in [-0.2, 0) is 0 Å². The van der Waals surface area contributed by atoms with E-state index in [4.69, 9.17) is 26.2 Å². The number of rotatable bonds is 7. The van der Waals surface area contributed by atoms with Crippen molar-refractivity contribution in [1.82, 2.24) is 5.32 Å². The normalized spacial score (nSPS) is 15.7. The number of benzene rings is 3. The zero-order chi connectivity index (χ0) is 20.9. The molecule has 1 unspecified atom stereocenters. The van der Waals surface area contributed by atoms with Gasteiger partial charge in [0.15, 0.2) is 0 Å². The van der Waals surface area contributed by atoms with E-state index in [9.17, 15) is 4.79 Å². The summed E-state index contributed by atoms with van der Waals surface area (Å²) in [6, 6.07) is 21.7. The Hall–Kier alpha value is -3.22. The highest BCUT2D eigenvalue weighted by molar-refractivity contribution is 6.30. The Labute approximate surface area is 179 Å². The maximum Gasteiger partial charge on any atom is 0.322 e. The molecule has 2 N–H and O–H groups in total. The fourth-order valence-electron chi connectivity index (χ4n) is 3.35. The van der Waals surface area contributed by atoms with Crippen LogP contribution in [0.25, 0.3) is 0 Å². The van der Waals surface area contributed by atoms with Crippen molar-refractivity contribution in [3.63, 3.8) is 0 Å². The minimum Gasteiger partial charge on any atom is -0.491 e. The molecule has 1 aliphatic heterocycles. The number of carbonyl (C=O) groups excluding carboxylic acids is 1. The van der Waals surface area contributed by atoms with E-state index in [0.717, 1.165) is 11.3 Å². The lowest BCUT2D eigenvalue weighted by molar-refractivity contribution is 0.201. The van der Waals surface area contributed by atoms with Gasteiger partial charge in [0.2, 0.25) is 0 Å². The van der Waals surface area contributed by atoms with Crippen molar-refractivity contribution < 1.29 is 19.4 Å². The number of ether oxygens (including phenoxy) is 2. The predicted octanol–water partition coefficient (Wildman–Crippen LogP) is 4.77. The van der Waals surface area contributed by atoms with Gasteiger partial charge in [-0.25, -0.2) is 4.79 Å². The van der Waals surface area contributed by atoms with E-state index in [1.54, 1.807) is 29.2 Å². The summed E-state index contributed by atoms with van der Waals surface area (Å²) in [5.41, 5.74) is 1.71. The van der Waals surface area contributed by atoms with Crippen molar-refractivity contribution in [3.05, 3.63) is 83.4 Å². The van der Waals surface area contributed by atoms with E-state index in [0.29, 0.717) is 28.8 Å². The number of aliphatic hydroxyl groups excluding tert-OH is 1. The molecular formula is C23H21ClN2O4. The number of nitrogens with zero attached hydrogens (tertiary/aromatic N) is 1. The Kier molecular flexibility index (Phi) is 6.07. The predicted molar refractivity (Wildman–Crippen MR) is 116 cm³/mol. The van der Waals surface area contributed by atoms with E-state index in [1.165, 1.54) is 0 Å². The second-order valence-corrected chi connectivity index (χ2v) is 7.20. The Balaban J connectivity index is 1.53. The summed E-state index contributed by atoms with van der Waals surface area (Å²) in [6.07, 6.45) is 0. The maximum absolute atomic E-state index is 12.5. The standard InChI is InChI=1S/C23H21ClN2O4/c24-17-4-8-19(9-5-17)30-20-10-6-18(7-11-20)26-22(15-25-23(26)28)16-2-1-3-21(14-16)29-13-12-27/h1-11,14,22,27H,12-13,15H2,(H,25,28). The summed E-state index contributed by atoms with van der Waals surface area (Å²) in [4.78, 5) is 14.2. The van der Waals surface area contributed by atoms with Crippen molar-refractivity contribution in [3.8, 4) is 17.2 Å². The van der Waals surface area contributed by atoms with Crippen LogP contribution >= 0.6 is 11.6 Å². The summed E-state index contributed by atoms with van der Waals surface area (Å²) >= 11 is 5.90. The molecule has 1 atom stereocenters. The number of hydrogen-bond acceptors (Lipinski definition) is 4. The number of urea groups is 1. The number of hydrogen-bond donors (Lipinski definition) is 2. The zero-order valence-electron chi connectivity index (χ0n) is 16.1. The fraction of sp³-hybridized carbons (Fsp3) is 0.174. The maximum atomic E-state index is 12.5. The molecule has 30 heavy (non-hydrogen) atoms. The van der Waals surface area contributed by atoms with Crippen LogP contribution in [0.4, 0.5) is 10.5 Å². The summed E-state index contributed by atoms with van der Waals surface area (Å²) in [5.74, 6) is 2.01. The Bertz CT molecular complexity index is 1010. The average Bonchev–Trinajstić information content (AvgIpc) is 3.16. The Morgan fingerprint density at radius 2 is 1.70 bits per heavy atom. The molecule has 3 aromatic carbocycles. The van der Waals surface area contributed by atoms with Gasteiger partial charge in [0.25, 0.3) is 0 Å². The van der Waals surface area contributed by atoms with Gasteiger partial charge < -0.3 is 19.9 Å². The van der Waals surface area contributed by atoms with Gasteiger partial charge in [0.05, 0.1) is 12.6 Å². The van der Waals surface area contributed by atoms with E-state index in [-0.39, 0.29) is 25.3 Å². The first-order chi connectivity index (χ1) is 14.6. The number of amides is 2. The highest BCUT2D eigenvalue weighted by Crippen LogP contribution is 2.33. The van der Waals surface area contributed by atoms with Gasteiger partial charge in [0, 0.05) is 17.3 Å². The molecule has 1 fully saturated rings. The molecule has 1 heterocycles. The highest BCUT2D eigenvalue weighted by atomic mass is 35.5. The van der Waals surface area contributed by atoms with Crippen LogP contribution < -0.4 is 19.7 Å². The first kappa shape index (κ1) is 20.1. The summed E-state index contributed by atoms with van der Waals surface area (Å²) in [6.45, 7) is 0.666. The van der Waals surface area contributed by atoms with Crippen LogP contribution in [0.15, 0.2) is 72.8 Å². The van der Waals surface area contributed by atoms with E-state index in [2.05, 4.69) is 5.32 Å². The lowest BCUT2D eigenvalue weighted by Gasteiger charge is -2.24. The first-order valence-electron chi connectivity index (χ1n) is 9.58. The lowest BCUT2D eigenvalue weighted by atomic mass is 10.1. The van der Waals surface area contributed by atoms with Gasteiger partial charge in [0.1, 0.15) is 23.9 Å². The molecule has 0 saturated carbocycles. The topological polar surface area (TPSA) is 71.0 Å². The minimum absolute atomic E-state index is 0.0513. The van der Waals surface area contributed by atoms with Gasteiger partial charge in [-0.15, -0.1) is 0 Å². The minimum atomic E-state index is -0.168. The van der Waals surface area contributed by atoms with Crippen molar-refractivity contribution >= 4 is 23.3 Å². The van der Waals surface area contributed by atoms with Crippen molar-refractivity contribution in [2.24, 2.45) is 0 Å². The number of anilines is 1. The molecule has 0 spiro atoms. The van der Waals surface area contributed by atoms with E-state index in [1.807, 2.05) is 48.5 Å². The second-order valence-electron chi connectivity index (χ2n) is 6.77. The summed E-state index contributed by atoms with van der Waals surface area (Å²) in [5, 5.41) is 12.5. The van der Waals surface area contributed by atoms with Gasteiger partial charge in [-0.1, -0.05) is 23.7 Å². The number of carbonyl (C=O) groups is 1. The molecule has 154 valence electrons. The van der Waals surface area contributed by atoms with Crippen molar-refractivity contribution in [2.45, 2.75) is 6.04 Å². The van der Waals surface area contributed by atoms with Gasteiger partial charge >= 0.3 is 6.03 Å². The molecule has 0 radical (unpaired) electrons. The quantitative estimate of drug-likeness (QED) is 0.573. The van der Waals surface area contributed by atoms with Crippen LogP contribution in [0.3, 0.4) is 0 Å². The van der Waals surface area contributed by atoms with Crippen LogP contribution in [0, 0.1) is 0 Å². The molecule has 4 rings (SSSR count). The Morgan fingerprint density at radius 1 is 1.00 bits per heavy atom. The number of nitrogens with one attached hydrogen (secondary N) is 1. The lowest BCUT2D eigenvalue weighted by Crippen LogP contribution is -2.29. The third-order valence-electron chi connectivity index (χ3n) is 4.74. The average molecular weight is 425 g/mol. The monoisotopic (exact) mass is 424 g/mol. The van der Waals surface area contributed by atoms with Crippen molar-refractivity contribution in [1.29, 1.82) is 0 Å².